The Labute approximate surface area is 195 Å². The Bertz CT molecular complexity index is 794. The van der Waals surface area contributed by atoms with E-state index in [1.54, 1.807) is 0 Å². The third kappa shape index (κ3) is 5.92. The molecule has 3 heteroatoms. The molecule has 3 rings (SSSR count). The van der Waals surface area contributed by atoms with Crippen LogP contribution in [0.2, 0.25) is 0 Å². The number of aliphatic hydroxyl groups is 3. The Morgan fingerprint density at radius 3 is 2.66 bits per heavy atom. The summed E-state index contributed by atoms with van der Waals surface area (Å²) in [6.07, 6.45) is 19.8. The van der Waals surface area contributed by atoms with Gasteiger partial charge in [-0.05, 0) is 93.1 Å². The van der Waals surface area contributed by atoms with Crippen molar-refractivity contribution >= 4 is 0 Å². The number of rotatable bonds is 6. The van der Waals surface area contributed by atoms with Crippen molar-refractivity contribution in [2.45, 2.75) is 96.9 Å². The molecule has 0 radical (unpaired) electrons. The van der Waals surface area contributed by atoms with Crippen LogP contribution in [0.25, 0.3) is 0 Å². The highest BCUT2D eigenvalue weighted by Crippen LogP contribution is 2.59. The fourth-order valence-electron chi connectivity index (χ4n) is 6.42. The SMILES string of the molecule is C=C1/C(=C\C=C2/CCC[C@]3(C)[C@@H]([C@H](C)/C=C/C=C/CC(C)(C)O)CC[C@@H]23)C[C@@H](O)C[C@@H]1O. The second kappa shape index (κ2) is 10.2. The molecule has 0 amide bonds. The van der Waals surface area contributed by atoms with Crippen molar-refractivity contribution in [3.8, 4) is 0 Å². The predicted molar refractivity (Wildman–Crippen MR) is 133 cm³/mol. The minimum absolute atomic E-state index is 0.325. The first-order valence-corrected chi connectivity index (χ1v) is 12.5. The molecule has 3 aliphatic carbocycles. The van der Waals surface area contributed by atoms with Crippen molar-refractivity contribution < 1.29 is 15.3 Å². The van der Waals surface area contributed by atoms with Gasteiger partial charge in [-0.25, -0.2) is 0 Å². The van der Waals surface area contributed by atoms with E-state index >= 15 is 0 Å². The van der Waals surface area contributed by atoms with E-state index in [4.69, 9.17) is 0 Å². The monoisotopic (exact) mass is 440 g/mol. The zero-order chi connectivity index (χ0) is 23.5. The molecule has 0 heterocycles. The lowest BCUT2D eigenvalue weighted by Crippen LogP contribution is -2.35. The summed E-state index contributed by atoms with van der Waals surface area (Å²) in [6.45, 7) is 12.6. The number of allylic oxidation sites excluding steroid dienone is 6. The molecule has 0 bridgehead atoms. The highest BCUT2D eigenvalue weighted by Gasteiger charge is 2.50. The summed E-state index contributed by atoms with van der Waals surface area (Å²) >= 11 is 0. The van der Waals surface area contributed by atoms with Crippen LogP contribution >= 0.6 is 0 Å². The van der Waals surface area contributed by atoms with Crippen LogP contribution in [0.4, 0.5) is 0 Å². The van der Waals surface area contributed by atoms with Crippen LogP contribution in [0.5, 0.6) is 0 Å². The van der Waals surface area contributed by atoms with Gasteiger partial charge in [-0.2, -0.15) is 0 Å². The van der Waals surface area contributed by atoms with Crippen LogP contribution in [0.3, 0.4) is 0 Å². The van der Waals surface area contributed by atoms with Gasteiger partial charge in [0.05, 0.1) is 17.8 Å². The number of fused-ring (bicyclic) bond motifs is 1. The Balaban J connectivity index is 1.70. The van der Waals surface area contributed by atoms with Crippen molar-refractivity contribution in [3.05, 3.63) is 59.8 Å². The maximum absolute atomic E-state index is 10.1. The fourth-order valence-corrected chi connectivity index (χ4v) is 6.42. The van der Waals surface area contributed by atoms with Crippen LogP contribution in [0, 0.1) is 23.2 Å². The molecule has 0 aromatic heterocycles. The summed E-state index contributed by atoms with van der Waals surface area (Å²) in [5.41, 5.74) is 2.98. The van der Waals surface area contributed by atoms with Crippen molar-refractivity contribution in [1.29, 1.82) is 0 Å². The lowest BCUT2D eigenvalue weighted by atomic mass is 9.61. The molecule has 0 aromatic rings. The minimum atomic E-state index is -0.650. The average molecular weight is 441 g/mol. The van der Waals surface area contributed by atoms with E-state index in [2.05, 4.69) is 50.8 Å². The fraction of sp³-hybridized carbons (Fsp3) is 0.655. The molecule has 3 saturated carbocycles. The second-order valence-electron chi connectivity index (χ2n) is 11.4. The Hall–Kier alpha value is -1.42. The van der Waals surface area contributed by atoms with E-state index in [9.17, 15) is 15.3 Å². The van der Waals surface area contributed by atoms with Gasteiger partial charge in [0.1, 0.15) is 0 Å². The van der Waals surface area contributed by atoms with Gasteiger partial charge in [-0.1, -0.05) is 62.5 Å². The lowest BCUT2D eigenvalue weighted by molar-refractivity contribution is 0.0837. The van der Waals surface area contributed by atoms with Crippen LogP contribution in [-0.4, -0.2) is 33.1 Å². The molecule has 0 aromatic carbocycles. The minimum Gasteiger partial charge on any atom is -0.393 e. The largest absolute Gasteiger partial charge is 0.393 e. The van der Waals surface area contributed by atoms with Crippen molar-refractivity contribution in [1.82, 2.24) is 0 Å². The molecule has 6 atom stereocenters. The molecule has 178 valence electrons. The van der Waals surface area contributed by atoms with Gasteiger partial charge in [0.15, 0.2) is 0 Å². The smallest absolute Gasteiger partial charge is 0.0811 e. The van der Waals surface area contributed by atoms with Gasteiger partial charge in [-0.3, -0.25) is 0 Å². The summed E-state index contributed by atoms with van der Waals surface area (Å²) < 4.78 is 0. The van der Waals surface area contributed by atoms with Gasteiger partial charge >= 0.3 is 0 Å². The first-order valence-electron chi connectivity index (χ1n) is 12.5. The molecule has 0 saturated heterocycles. The average Bonchev–Trinajstić information content (AvgIpc) is 3.06. The van der Waals surface area contributed by atoms with Crippen LogP contribution < -0.4 is 0 Å². The Kier molecular flexibility index (Phi) is 8.06. The molecule has 3 N–H and O–H groups in total. The van der Waals surface area contributed by atoms with Crippen LogP contribution in [0.15, 0.2) is 59.8 Å². The summed E-state index contributed by atoms with van der Waals surface area (Å²) in [5, 5.41) is 30.0. The quantitative estimate of drug-likeness (QED) is 0.442. The highest BCUT2D eigenvalue weighted by atomic mass is 16.3. The van der Waals surface area contributed by atoms with E-state index in [1.165, 1.54) is 31.3 Å². The first-order chi connectivity index (χ1) is 15.0. The maximum atomic E-state index is 10.1. The van der Waals surface area contributed by atoms with Gasteiger partial charge < -0.3 is 15.3 Å². The summed E-state index contributed by atoms with van der Waals surface area (Å²) in [6, 6.07) is 0. The molecule has 3 nitrogen and oxygen atoms in total. The van der Waals surface area contributed by atoms with Crippen LogP contribution in [-0.2, 0) is 0 Å². The van der Waals surface area contributed by atoms with E-state index in [-0.39, 0.29) is 0 Å². The highest BCUT2D eigenvalue weighted by molar-refractivity contribution is 5.38. The van der Waals surface area contributed by atoms with Crippen molar-refractivity contribution in [2.24, 2.45) is 23.2 Å². The summed E-state index contributed by atoms with van der Waals surface area (Å²) in [7, 11) is 0. The van der Waals surface area contributed by atoms with Crippen molar-refractivity contribution in [2.75, 3.05) is 0 Å². The predicted octanol–water partition coefficient (Wildman–Crippen LogP) is 6.04. The lowest BCUT2D eigenvalue weighted by Gasteiger charge is -2.44. The Morgan fingerprint density at radius 2 is 1.94 bits per heavy atom. The normalized spacial score (nSPS) is 37.7. The van der Waals surface area contributed by atoms with E-state index in [0.29, 0.717) is 42.4 Å². The molecule has 0 aliphatic heterocycles. The molecule has 0 spiro atoms. The molecular weight excluding hydrogens is 396 g/mol. The summed E-state index contributed by atoms with van der Waals surface area (Å²) in [4.78, 5) is 0. The van der Waals surface area contributed by atoms with Gasteiger partial charge in [0.2, 0.25) is 0 Å². The number of aliphatic hydroxyl groups excluding tert-OH is 2. The van der Waals surface area contributed by atoms with E-state index < -0.39 is 17.8 Å². The molecule has 3 aliphatic rings. The standard InChI is InChI=1S/C29H44O3/c1-20(10-7-6-8-16-28(3,4)32)25-14-15-26-22(11-9-17-29(25,26)5)12-13-23-18-24(30)19-27(31)21(23)2/h6-8,10,12-13,20,24-27,30-32H,2,9,11,14-19H2,1,3-5H3/b8-6+,10-7+,22-12+,23-13-/t20-,24-,25-,26+,27+,29-/m1/s1. The second-order valence-corrected chi connectivity index (χ2v) is 11.4. The zero-order valence-electron chi connectivity index (χ0n) is 20.6. The van der Waals surface area contributed by atoms with Gasteiger partial charge in [-0.15, -0.1) is 0 Å². The van der Waals surface area contributed by atoms with Gasteiger partial charge in [0.25, 0.3) is 0 Å². The van der Waals surface area contributed by atoms with Gasteiger partial charge in [0, 0.05) is 6.42 Å². The maximum Gasteiger partial charge on any atom is 0.0811 e. The third-order valence-corrected chi connectivity index (χ3v) is 8.22. The molecule has 32 heavy (non-hydrogen) atoms. The zero-order valence-corrected chi connectivity index (χ0v) is 20.6. The Morgan fingerprint density at radius 1 is 1.19 bits per heavy atom. The first kappa shape index (κ1) is 25.2. The number of hydrogen-bond donors (Lipinski definition) is 3. The molecule has 3 fully saturated rings. The molecule has 0 unspecified atom stereocenters. The van der Waals surface area contributed by atoms with E-state index in [0.717, 1.165) is 17.6 Å². The van der Waals surface area contributed by atoms with Crippen molar-refractivity contribution in [3.63, 3.8) is 0 Å². The third-order valence-electron chi connectivity index (χ3n) is 8.22. The van der Waals surface area contributed by atoms with Crippen LogP contribution in [0.1, 0.15) is 79.1 Å². The summed E-state index contributed by atoms with van der Waals surface area (Å²) in [5.74, 6) is 1.82. The number of hydrogen-bond acceptors (Lipinski definition) is 3. The topological polar surface area (TPSA) is 60.7 Å². The van der Waals surface area contributed by atoms with E-state index in [1.807, 2.05) is 19.9 Å². The molecular formula is C29H44O3.